The highest BCUT2D eigenvalue weighted by atomic mass is 19.1. The summed E-state index contributed by atoms with van der Waals surface area (Å²) < 4.78 is 15.2. The van der Waals surface area contributed by atoms with Crippen LogP contribution in [0, 0.1) is 12.7 Å². The van der Waals surface area contributed by atoms with Crippen LogP contribution in [0.5, 0.6) is 0 Å². The van der Waals surface area contributed by atoms with E-state index in [1.165, 1.54) is 16.5 Å². The lowest BCUT2D eigenvalue weighted by molar-refractivity contribution is -0.133. The molecule has 0 saturated carbocycles. The first-order valence-corrected chi connectivity index (χ1v) is 15.8. The van der Waals surface area contributed by atoms with Gasteiger partial charge in [-0.2, -0.15) is 0 Å². The molecule has 4 aromatic rings. The molecule has 2 N–H and O–H groups in total. The van der Waals surface area contributed by atoms with Gasteiger partial charge in [-0.1, -0.05) is 72.8 Å². The molecule has 2 bridgehead atoms. The maximum atomic E-state index is 15.2. The SMILES string of the molecule is Cc1cccc(NC(=O)N[C@@H]2N=C(c3ccccc3F)c3ccccc3N(CC(=O)N3CC4CC3CN4Cc3ccccc3)C2=O)c1. The van der Waals surface area contributed by atoms with Gasteiger partial charge < -0.3 is 15.5 Å². The number of rotatable bonds is 7. The molecule has 4 amide bonds. The highest BCUT2D eigenvalue weighted by Gasteiger charge is 2.46. The van der Waals surface area contributed by atoms with Crippen molar-refractivity contribution in [3.05, 3.63) is 131 Å². The van der Waals surface area contributed by atoms with Crippen molar-refractivity contribution >= 4 is 34.9 Å². The van der Waals surface area contributed by atoms with Crippen molar-refractivity contribution in [2.75, 3.05) is 29.9 Å². The number of aliphatic imine (C=N–C) groups is 1. The first kappa shape index (κ1) is 30.3. The molecule has 0 aromatic heterocycles. The van der Waals surface area contributed by atoms with Crippen molar-refractivity contribution in [2.24, 2.45) is 4.99 Å². The largest absolute Gasteiger partial charge is 0.335 e. The number of hydrogen-bond acceptors (Lipinski definition) is 5. The second-order valence-corrected chi connectivity index (χ2v) is 12.3. The third-order valence-corrected chi connectivity index (χ3v) is 9.08. The van der Waals surface area contributed by atoms with E-state index in [1.54, 1.807) is 54.6 Å². The molecule has 9 nitrogen and oxygen atoms in total. The summed E-state index contributed by atoms with van der Waals surface area (Å²) in [7, 11) is 0. The number of anilines is 2. The van der Waals surface area contributed by atoms with E-state index in [9.17, 15) is 14.4 Å². The normalized spacial score (nSPS) is 20.4. The van der Waals surface area contributed by atoms with Gasteiger partial charge in [0, 0.05) is 48.5 Å². The van der Waals surface area contributed by atoms with Crippen LogP contribution in [0.1, 0.15) is 28.7 Å². The molecular formula is C37H35FN6O3. The zero-order valence-electron chi connectivity index (χ0n) is 26.0. The van der Waals surface area contributed by atoms with Gasteiger partial charge in [0.25, 0.3) is 5.91 Å². The molecular weight excluding hydrogens is 595 g/mol. The number of nitrogens with zero attached hydrogens (tertiary/aromatic N) is 4. The van der Waals surface area contributed by atoms with Gasteiger partial charge in [0.05, 0.1) is 11.4 Å². The number of halogens is 1. The van der Waals surface area contributed by atoms with Crippen molar-refractivity contribution in [2.45, 2.75) is 38.1 Å². The minimum atomic E-state index is -1.42. The number of fused-ring (bicyclic) bond motifs is 3. The molecule has 7 rings (SSSR count). The fourth-order valence-electron chi connectivity index (χ4n) is 6.86. The monoisotopic (exact) mass is 630 g/mol. The van der Waals surface area contributed by atoms with Crippen molar-refractivity contribution in [3.63, 3.8) is 0 Å². The van der Waals surface area contributed by atoms with E-state index in [2.05, 4.69) is 32.7 Å². The zero-order chi connectivity index (χ0) is 32.5. The molecule has 3 heterocycles. The number of benzodiazepines with no additional fused rings is 1. The number of aryl methyl sites for hydroxylation is 1. The highest BCUT2D eigenvalue weighted by molar-refractivity contribution is 6.21. The van der Waals surface area contributed by atoms with E-state index < -0.39 is 23.9 Å². The van der Waals surface area contributed by atoms with Crippen LogP contribution in [0.2, 0.25) is 0 Å². The smallest absolute Gasteiger partial charge is 0.321 e. The quantitative estimate of drug-likeness (QED) is 0.302. The molecule has 238 valence electrons. The lowest BCUT2D eigenvalue weighted by atomic mass is 9.99. The summed E-state index contributed by atoms with van der Waals surface area (Å²) in [6.45, 7) is 3.84. The van der Waals surface area contributed by atoms with Crippen LogP contribution in [-0.4, -0.2) is 71.2 Å². The molecule has 3 aliphatic rings. The third-order valence-electron chi connectivity index (χ3n) is 9.08. The number of urea groups is 1. The summed E-state index contributed by atoms with van der Waals surface area (Å²) in [6, 6.07) is 30.4. The van der Waals surface area contributed by atoms with Gasteiger partial charge in [-0.05, 0) is 54.8 Å². The Balaban J connectivity index is 1.16. The molecule has 0 spiro atoms. The number of benzene rings is 4. The Hall–Kier alpha value is -5.35. The van der Waals surface area contributed by atoms with Crippen molar-refractivity contribution in [1.82, 2.24) is 15.1 Å². The Morgan fingerprint density at radius 3 is 2.36 bits per heavy atom. The maximum absolute atomic E-state index is 15.2. The number of piperazine rings is 1. The molecule has 10 heteroatoms. The predicted molar refractivity (Wildman–Crippen MR) is 179 cm³/mol. The molecule has 2 fully saturated rings. The van der Waals surface area contributed by atoms with Gasteiger partial charge in [0.1, 0.15) is 12.4 Å². The predicted octanol–water partition coefficient (Wildman–Crippen LogP) is 4.95. The van der Waals surface area contributed by atoms with Crippen LogP contribution in [0.25, 0.3) is 0 Å². The van der Waals surface area contributed by atoms with E-state index >= 15 is 4.39 Å². The molecule has 0 aliphatic carbocycles. The Kier molecular flexibility index (Phi) is 8.26. The van der Waals surface area contributed by atoms with Gasteiger partial charge in [-0.3, -0.25) is 19.4 Å². The van der Waals surface area contributed by atoms with E-state index in [0.29, 0.717) is 23.5 Å². The number of carbonyl (C=O) groups is 3. The molecule has 3 atom stereocenters. The van der Waals surface area contributed by atoms with Crippen molar-refractivity contribution < 1.29 is 18.8 Å². The standard InChI is InChI=1S/C37H35FN6O3/c1-24-10-9-13-26(18-24)39-37(47)41-35-36(46)44(32-17-8-6-15-30(32)34(40-35)29-14-5-7-16-31(29)38)23-33(45)43-22-27-19-28(43)21-42(27)20-25-11-3-2-4-12-25/h2-18,27-28,35H,19-23H2,1H3,(H2,39,41,47)/t27?,28?,35-/m0/s1. The van der Waals surface area contributed by atoms with Gasteiger partial charge in [-0.25, -0.2) is 14.2 Å². The van der Waals surface area contributed by atoms with Crippen LogP contribution in [0.15, 0.2) is 108 Å². The lowest BCUT2D eigenvalue weighted by Gasteiger charge is -2.35. The van der Waals surface area contributed by atoms with E-state index in [4.69, 9.17) is 0 Å². The van der Waals surface area contributed by atoms with Gasteiger partial charge in [0.15, 0.2) is 0 Å². The molecule has 47 heavy (non-hydrogen) atoms. The fraction of sp³-hybridized carbons (Fsp3) is 0.243. The van der Waals surface area contributed by atoms with Gasteiger partial charge in [-0.15, -0.1) is 0 Å². The fourth-order valence-corrected chi connectivity index (χ4v) is 6.86. The topological polar surface area (TPSA) is 97.3 Å². The lowest BCUT2D eigenvalue weighted by Crippen LogP contribution is -2.54. The zero-order valence-corrected chi connectivity index (χ0v) is 26.0. The molecule has 4 aromatic carbocycles. The average Bonchev–Trinajstić information content (AvgIpc) is 3.64. The summed E-state index contributed by atoms with van der Waals surface area (Å²) >= 11 is 0. The number of amides is 4. The maximum Gasteiger partial charge on any atom is 0.321 e. The second kappa shape index (κ2) is 12.8. The Bertz CT molecular complexity index is 1860. The summed E-state index contributed by atoms with van der Waals surface area (Å²) in [4.78, 5) is 51.8. The second-order valence-electron chi connectivity index (χ2n) is 12.3. The number of nitrogens with one attached hydrogen (secondary N) is 2. The minimum absolute atomic E-state index is 0.0489. The number of likely N-dealkylation sites (tertiary alicyclic amines) is 2. The average molecular weight is 631 g/mol. The summed E-state index contributed by atoms with van der Waals surface area (Å²) in [5.74, 6) is -1.29. The van der Waals surface area contributed by atoms with Crippen LogP contribution in [0.4, 0.5) is 20.6 Å². The molecule has 2 unspecified atom stereocenters. The minimum Gasteiger partial charge on any atom is -0.335 e. The van der Waals surface area contributed by atoms with E-state index in [-0.39, 0.29) is 35.8 Å². The number of carbonyl (C=O) groups excluding carboxylic acids is 3. The highest BCUT2D eigenvalue weighted by Crippen LogP contribution is 2.34. The summed E-state index contributed by atoms with van der Waals surface area (Å²) in [5.41, 5.74) is 4.03. The van der Waals surface area contributed by atoms with Crippen LogP contribution < -0.4 is 15.5 Å². The third kappa shape index (κ3) is 6.24. The van der Waals surface area contributed by atoms with Gasteiger partial charge in [0.2, 0.25) is 12.1 Å². The van der Waals surface area contributed by atoms with Gasteiger partial charge >= 0.3 is 6.03 Å². The molecule has 0 radical (unpaired) electrons. The Labute approximate surface area is 272 Å². The Morgan fingerprint density at radius 2 is 1.62 bits per heavy atom. The van der Waals surface area contributed by atoms with Crippen molar-refractivity contribution in [1.29, 1.82) is 0 Å². The van der Waals surface area contributed by atoms with Crippen LogP contribution in [0.3, 0.4) is 0 Å². The summed E-state index contributed by atoms with van der Waals surface area (Å²) in [6.07, 6.45) is -0.543. The number of para-hydroxylation sites is 1. The van der Waals surface area contributed by atoms with Crippen LogP contribution in [-0.2, 0) is 16.1 Å². The number of hydrogen-bond donors (Lipinski definition) is 2. The Morgan fingerprint density at radius 1 is 0.872 bits per heavy atom. The molecule has 2 saturated heterocycles. The molecule has 3 aliphatic heterocycles. The first-order chi connectivity index (χ1) is 22.8. The van der Waals surface area contributed by atoms with E-state index in [0.717, 1.165) is 25.1 Å². The van der Waals surface area contributed by atoms with Crippen LogP contribution >= 0.6 is 0 Å². The van der Waals surface area contributed by atoms with Crippen molar-refractivity contribution in [3.8, 4) is 0 Å². The first-order valence-electron chi connectivity index (χ1n) is 15.8. The van der Waals surface area contributed by atoms with E-state index in [1.807, 2.05) is 42.2 Å². The summed E-state index contributed by atoms with van der Waals surface area (Å²) in [5, 5.41) is 5.43.